The maximum Gasteiger partial charge on any atom is 0.293 e. The van der Waals surface area contributed by atoms with Crippen molar-refractivity contribution in [3.05, 3.63) is 93.1 Å². The van der Waals surface area contributed by atoms with Crippen LogP contribution < -0.4 is 4.74 Å². The third kappa shape index (κ3) is 4.57. The number of hydrogen-bond acceptors (Lipinski definition) is 6. The van der Waals surface area contributed by atoms with E-state index in [0.29, 0.717) is 22.0 Å². The van der Waals surface area contributed by atoms with Gasteiger partial charge in [-0.15, -0.1) is 0 Å². The molecule has 4 rings (SSSR count). The van der Waals surface area contributed by atoms with Gasteiger partial charge < -0.3 is 9.30 Å². The molecule has 1 fully saturated rings. The average Bonchev–Trinajstić information content (AvgIpc) is 3.33. The van der Waals surface area contributed by atoms with Crippen LogP contribution in [0.2, 0.25) is 0 Å². The Morgan fingerprint density at radius 3 is 2.59 bits per heavy atom. The monoisotopic (exact) mass is 449 g/mol. The SMILES string of the molecule is Cc1cccc(OCCN2C(=O)S/C(=C\c3cccn3-c3ccc([N+](=O)[O-])cc3)C2=O)c1. The zero-order chi connectivity index (χ0) is 22.7. The molecule has 0 atom stereocenters. The summed E-state index contributed by atoms with van der Waals surface area (Å²) in [5, 5.41) is 10.5. The molecular formula is C23H19N3O5S. The number of rotatable bonds is 7. The van der Waals surface area contributed by atoms with Crippen LogP contribution >= 0.6 is 11.8 Å². The van der Waals surface area contributed by atoms with E-state index in [1.54, 1.807) is 41.1 Å². The van der Waals surface area contributed by atoms with Crippen molar-refractivity contribution >= 4 is 34.7 Å². The smallest absolute Gasteiger partial charge is 0.293 e. The van der Waals surface area contributed by atoms with Gasteiger partial charge in [0.2, 0.25) is 0 Å². The largest absolute Gasteiger partial charge is 0.492 e. The van der Waals surface area contributed by atoms with Gasteiger partial charge in [0, 0.05) is 29.7 Å². The fourth-order valence-corrected chi connectivity index (χ4v) is 4.12. The number of thioether (sulfide) groups is 1. The summed E-state index contributed by atoms with van der Waals surface area (Å²) in [6, 6.07) is 17.3. The lowest BCUT2D eigenvalue weighted by Gasteiger charge is -2.13. The van der Waals surface area contributed by atoms with Crippen LogP contribution in [0.1, 0.15) is 11.3 Å². The molecule has 2 amide bonds. The number of aromatic nitrogens is 1. The number of aryl methyl sites for hydroxylation is 1. The van der Waals surface area contributed by atoms with Crippen LogP contribution in [0.4, 0.5) is 10.5 Å². The number of carbonyl (C=O) groups excluding carboxylic acids is 2. The Balaban J connectivity index is 1.46. The van der Waals surface area contributed by atoms with Crippen LogP contribution in [0, 0.1) is 17.0 Å². The standard InChI is InChI=1S/C23H19N3O5S/c1-16-4-2-6-20(14-16)31-13-12-25-22(27)21(32-23(25)28)15-19-5-3-11-24(19)17-7-9-18(10-8-17)26(29)30/h2-11,14-15H,12-13H2,1H3/b21-15-. The molecule has 0 saturated carbocycles. The summed E-state index contributed by atoms with van der Waals surface area (Å²) in [5.74, 6) is 0.317. The molecule has 1 saturated heterocycles. The van der Waals surface area contributed by atoms with Crippen molar-refractivity contribution in [1.82, 2.24) is 9.47 Å². The third-order valence-electron chi connectivity index (χ3n) is 4.84. The van der Waals surface area contributed by atoms with Crippen LogP contribution in [-0.2, 0) is 4.79 Å². The molecule has 0 aliphatic carbocycles. The highest BCUT2D eigenvalue weighted by atomic mass is 32.2. The molecule has 8 nitrogen and oxygen atoms in total. The Morgan fingerprint density at radius 1 is 1.09 bits per heavy atom. The van der Waals surface area contributed by atoms with E-state index in [1.165, 1.54) is 17.0 Å². The zero-order valence-corrected chi connectivity index (χ0v) is 18.0. The maximum atomic E-state index is 12.8. The molecule has 0 spiro atoms. The predicted molar refractivity (Wildman–Crippen MR) is 122 cm³/mol. The van der Waals surface area contributed by atoms with Crippen LogP contribution in [0.15, 0.2) is 71.8 Å². The number of carbonyl (C=O) groups is 2. The molecule has 0 N–H and O–H groups in total. The highest BCUT2D eigenvalue weighted by Crippen LogP contribution is 2.32. The second-order valence-corrected chi connectivity index (χ2v) is 8.07. The van der Waals surface area contributed by atoms with Gasteiger partial charge in [-0.05, 0) is 66.7 Å². The molecule has 2 aromatic carbocycles. The Labute approximate surface area is 188 Å². The van der Waals surface area contributed by atoms with E-state index < -0.39 is 4.92 Å². The van der Waals surface area contributed by atoms with E-state index in [9.17, 15) is 19.7 Å². The van der Waals surface area contributed by atoms with E-state index in [2.05, 4.69) is 0 Å². The fourth-order valence-electron chi connectivity index (χ4n) is 3.27. The normalized spacial score (nSPS) is 14.9. The van der Waals surface area contributed by atoms with Crippen LogP contribution in [0.3, 0.4) is 0 Å². The second kappa shape index (κ2) is 9.11. The topological polar surface area (TPSA) is 94.7 Å². The van der Waals surface area contributed by atoms with Gasteiger partial charge in [0.1, 0.15) is 12.4 Å². The van der Waals surface area contributed by atoms with Gasteiger partial charge in [0.25, 0.3) is 16.8 Å². The summed E-state index contributed by atoms with van der Waals surface area (Å²) >= 11 is 0.879. The van der Waals surface area contributed by atoms with Gasteiger partial charge >= 0.3 is 0 Å². The molecule has 1 aliphatic heterocycles. The third-order valence-corrected chi connectivity index (χ3v) is 5.75. The lowest BCUT2D eigenvalue weighted by Crippen LogP contribution is -2.32. The van der Waals surface area contributed by atoms with Crippen molar-refractivity contribution in [2.24, 2.45) is 0 Å². The molecule has 0 bridgehead atoms. The number of nitrogens with zero attached hydrogens (tertiary/aromatic N) is 3. The number of nitro benzene ring substituents is 1. The van der Waals surface area contributed by atoms with Gasteiger partial charge in [0.15, 0.2) is 0 Å². The summed E-state index contributed by atoms with van der Waals surface area (Å²) in [5.41, 5.74) is 2.45. The van der Waals surface area contributed by atoms with Gasteiger partial charge in [-0.25, -0.2) is 0 Å². The summed E-state index contributed by atoms with van der Waals surface area (Å²) in [4.78, 5) is 37.1. The summed E-state index contributed by atoms with van der Waals surface area (Å²) in [7, 11) is 0. The molecule has 0 radical (unpaired) electrons. The molecule has 0 unspecified atom stereocenters. The molecule has 162 valence electrons. The molecule has 1 aromatic heterocycles. The Morgan fingerprint density at radius 2 is 1.88 bits per heavy atom. The van der Waals surface area contributed by atoms with E-state index in [0.717, 1.165) is 17.3 Å². The Hall–Kier alpha value is -3.85. The molecule has 1 aliphatic rings. The first-order valence-corrected chi connectivity index (χ1v) is 10.6. The first-order valence-electron chi connectivity index (χ1n) is 9.79. The van der Waals surface area contributed by atoms with Gasteiger partial charge in [0.05, 0.1) is 16.4 Å². The molecular weight excluding hydrogens is 430 g/mol. The van der Waals surface area contributed by atoms with Crippen molar-refractivity contribution in [3.8, 4) is 11.4 Å². The van der Waals surface area contributed by atoms with Crippen molar-refractivity contribution in [3.63, 3.8) is 0 Å². The average molecular weight is 449 g/mol. The quantitative estimate of drug-likeness (QED) is 0.292. The highest BCUT2D eigenvalue weighted by Gasteiger charge is 2.35. The lowest BCUT2D eigenvalue weighted by molar-refractivity contribution is -0.384. The maximum absolute atomic E-state index is 12.8. The van der Waals surface area contributed by atoms with Gasteiger partial charge in [-0.2, -0.15) is 0 Å². The number of nitro groups is 1. The van der Waals surface area contributed by atoms with E-state index >= 15 is 0 Å². The van der Waals surface area contributed by atoms with Crippen molar-refractivity contribution in [2.75, 3.05) is 13.2 Å². The number of hydrogen-bond donors (Lipinski definition) is 0. The number of ether oxygens (including phenoxy) is 1. The Bertz CT molecular complexity index is 1220. The van der Waals surface area contributed by atoms with Crippen molar-refractivity contribution < 1.29 is 19.2 Å². The minimum atomic E-state index is -0.459. The van der Waals surface area contributed by atoms with Gasteiger partial charge in [-0.3, -0.25) is 24.6 Å². The fraction of sp³-hybridized carbons (Fsp3) is 0.130. The summed E-state index contributed by atoms with van der Waals surface area (Å²) in [6.07, 6.45) is 3.43. The van der Waals surface area contributed by atoms with Gasteiger partial charge in [-0.1, -0.05) is 12.1 Å². The molecule has 9 heteroatoms. The number of amides is 2. The molecule has 3 aromatic rings. The first kappa shape index (κ1) is 21.4. The van der Waals surface area contributed by atoms with Crippen LogP contribution in [0.25, 0.3) is 11.8 Å². The second-order valence-electron chi connectivity index (χ2n) is 7.07. The summed E-state index contributed by atoms with van der Waals surface area (Å²) in [6.45, 7) is 2.31. The van der Waals surface area contributed by atoms with Crippen molar-refractivity contribution in [2.45, 2.75) is 6.92 Å². The predicted octanol–water partition coefficient (Wildman–Crippen LogP) is 4.81. The van der Waals surface area contributed by atoms with Crippen LogP contribution in [-0.4, -0.2) is 38.7 Å². The number of benzene rings is 2. The van der Waals surface area contributed by atoms with Crippen LogP contribution in [0.5, 0.6) is 5.75 Å². The molecule has 32 heavy (non-hydrogen) atoms. The highest BCUT2D eigenvalue weighted by molar-refractivity contribution is 8.18. The van der Waals surface area contributed by atoms with Crippen molar-refractivity contribution in [1.29, 1.82) is 0 Å². The number of imide groups is 1. The number of non-ortho nitro benzene ring substituents is 1. The first-order chi connectivity index (χ1) is 15.4. The zero-order valence-electron chi connectivity index (χ0n) is 17.1. The molecule has 2 heterocycles. The minimum absolute atomic E-state index is 0.00328. The lowest BCUT2D eigenvalue weighted by atomic mass is 10.2. The minimum Gasteiger partial charge on any atom is -0.492 e. The van der Waals surface area contributed by atoms with E-state index in [1.807, 2.05) is 31.2 Å². The van der Waals surface area contributed by atoms with E-state index in [4.69, 9.17) is 4.74 Å². The summed E-state index contributed by atoms with van der Waals surface area (Å²) < 4.78 is 7.45. The van der Waals surface area contributed by atoms with E-state index in [-0.39, 0.29) is 30.0 Å². The Kier molecular flexibility index (Phi) is 6.09.